The van der Waals surface area contributed by atoms with E-state index in [9.17, 15) is 9.59 Å². The highest BCUT2D eigenvalue weighted by molar-refractivity contribution is 6.30. The van der Waals surface area contributed by atoms with Gasteiger partial charge in [-0.15, -0.1) is 0 Å². The molecule has 2 amide bonds. The summed E-state index contributed by atoms with van der Waals surface area (Å²) in [5, 5.41) is 0.756. The molecule has 0 unspecified atom stereocenters. The van der Waals surface area contributed by atoms with E-state index in [0.29, 0.717) is 25.5 Å². The summed E-state index contributed by atoms with van der Waals surface area (Å²) in [6, 6.07) is 6.05. The van der Waals surface area contributed by atoms with Crippen molar-refractivity contribution in [2.24, 2.45) is 5.92 Å². The van der Waals surface area contributed by atoms with E-state index in [-0.39, 0.29) is 11.8 Å². The topological polar surface area (TPSA) is 43.9 Å². The number of amides is 2. The molecule has 3 heterocycles. The Labute approximate surface area is 166 Å². The summed E-state index contributed by atoms with van der Waals surface area (Å²) in [6.45, 7) is 5.39. The van der Waals surface area contributed by atoms with Crippen LogP contribution in [0.25, 0.3) is 0 Å². The first-order chi connectivity index (χ1) is 13.1. The first-order valence-corrected chi connectivity index (χ1v) is 10.5. The van der Waals surface area contributed by atoms with Gasteiger partial charge < -0.3 is 9.80 Å². The van der Waals surface area contributed by atoms with E-state index in [1.54, 1.807) is 0 Å². The molecular formula is C21H28ClN3O2. The molecule has 2 saturated heterocycles. The minimum Gasteiger partial charge on any atom is -0.342 e. The predicted molar refractivity (Wildman–Crippen MR) is 106 cm³/mol. The Bertz CT molecular complexity index is 709. The van der Waals surface area contributed by atoms with Crippen LogP contribution in [0.3, 0.4) is 0 Å². The Morgan fingerprint density at radius 2 is 1.70 bits per heavy atom. The van der Waals surface area contributed by atoms with Crippen molar-refractivity contribution in [2.45, 2.75) is 38.6 Å². The van der Waals surface area contributed by atoms with Gasteiger partial charge in [0.15, 0.2) is 0 Å². The third kappa shape index (κ3) is 4.30. The lowest BCUT2D eigenvalue weighted by atomic mass is 9.95. The number of likely N-dealkylation sites (tertiary alicyclic amines) is 2. The number of hydrogen-bond donors (Lipinski definition) is 0. The largest absolute Gasteiger partial charge is 0.342 e. The van der Waals surface area contributed by atoms with Crippen LogP contribution >= 0.6 is 11.6 Å². The molecule has 0 aromatic heterocycles. The van der Waals surface area contributed by atoms with Gasteiger partial charge in [0.1, 0.15) is 0 Å². The Hall–Kier alpha value is -1.59. The summed E-state index contributed by atoms with van der Waals surface area (Å²) < 4.78 is 0. The summed E-state index contributed by atoms with van der Waals surface area (Å²) >= 11 is 6.11. The van der Waals surface area contributed by atoms with E-state index < -0.39 is 0 Å². The van der Waals surface area contributed by atoms with Crippen LogP contribution in [-0.2, 0) is 22.6 Å². The van der Waals surface area contributed by atoms with E-state index >= 15 is 0 Å². The number of carbonyl (C=O) groups is 2. The van der Waals surface area contributed by atoms with Crippen molar-refractivity contribution >= 4 is 23.4 Å². The Balaban J connectivity index is 1.27. The average Bonchev–Trinajstić information content (AvgIpc) is 3.22. The summed E-state index contributed by atoms with van der Waals surface area (Å²) in [6.07, 6.45) is 4.84. The molecule has 0 spiro atoms. The van der Waals surface area contributed by atoms with E-state index in [1.165, 1.54) is 11.1 Å². The van der Waals surface area contributed by atoms with Gasteiger partial charge in [0, 0.05) is 50.2 Å². The van der Waals surface area contributed by atoms with Gasteiger partial charge in [-0.3, -0.25) is 14.5 Å². The number of halogens is 1. The molecule has 0 bridgehead atoms. The highest BCUT2D eigenvalue weighted by atomic mass is 35.5. The van der Waals surface area contributed by atoms with Crippen LogP contribution in [0.15, 0.2) is 18.2 Å². The molecule has 6 heteroatoms. The third-order valence-electron chi connectivity index (χ3n) is 6.23. The minimum atomic E-state index is 0.108. The van der Waals surface area contributed by atoms with Crippen LogP contribution in [-0.4, -0.2) is 65.8 Å². The summed E-state index contributed by atoms with van der Waals surface area (Å²) in [5.74, 6) is 0.604. The maximum Gasteiger partial charge on any atom is 0.236 e. The number of piperidine rings is 1. The first-order valence-electron chi connectivity index (χ1n) is 10.2. The van der Waals surface area contributed by atoms with Crippen molar-refractivity contribution < 1.29 is 9.59 Å². The molecule has 2 fully saturated rings. The van der Waals surface area contributed by atoms with E-state index in [1.807, 2.05) is 21.9 Å². The molecule has 146 valence electrons. The van der Waals surface area contributed by atoms with Crippen LogP contribution in [0.5, 0.6) is 0 Å². The van der Waals surface area contributed by atoms with Gasteiger partial charge in [-0.2, -0.15) is 0 Å². The smallest absolute Gasteiger partial charge is 0.236 e. The van der Waals surface area contributed by atoms with Crippen LogP contribution in [0.1, 0.15) is 36.8 Å². The number of nitrogens with zero attached hydrogens (tertiary/aromatic N) is 3. The highest BCUT2D eigenvalue weighted by Gasteiger charge is 2.31. The van der Waals surface area contributed by atoms with Gasteiger partial charge in [0.25, 0.3) is 0 Å². The zero-order valence-electron chi connectivity index (χ0n) is 15.8. The van der Waals surface area contributed by atoms with Crippen LogP contribution < -0.4 is 0 Å². The first kappa shape index (κ1) is 18.8. The molecule has 0 saturated carbocycles. The maximum atomic E-state index is 12.7. The fourth-order valence-electron chi connectivity index (χ4n) is 4.58. The van der Waals surface area contributed by atoms with Crippen LogP contribution in [0.4, 0.5) is 0 Å². The number of fused-ring (bicyclic) bond motifs is 1. The highest BCUT2D eigenvalue weighted by Crippen LogP contribution is 2.24. The zero-order chi connectivity index (χ0) is 18.8. The van der Waals surface area contributed by atoms with Gasteiger partial charge in [-0.25, -0.2) is 0 Å². The molecule has 27 heavy (non-hydrogen) atoms. The molecule has 0 atom stereocenters. The molecule has 1 aromatic rings. The maximum absolute atomic E-state index is 12.7. The Morgan fingerprint density at radius 1 is 0.963 bits per heavy atom. The minimum absolute atomic E-state index is 0.108. The van der Waals surface area contributed by atoms with Crippen molar-refractivity contribution in [3.8, 4) is 0 Å². The quantitative estimate of drug-likeness (QED) is 0.798. The fourth-order valence-corrected chi connectivity index (χ4v) is 4.78. The second-order valence-electron chi connectivity index (χ2n) is 8.06. The van der Waals surface area contributed by atoms with Gasteiger partial charge in [0.05, 0.1) is 6.54 Å². The lowest BCUT2D eigenvalue weighted by Gasteiger charge is -2.35. The van der Waals surface area contributed by atoms with Gasteiger partial charge in [0.2, 0.25) is 11.8 Å². The second kappa shape index (κ2) is 8.19. The van der Waals surface area contributed by atoms with Crippen LogP contribution in [0.2, 0.25) is 5.02 Å². The Morgan fingerprint density at radius 3 is 2.44 bits per heavy atom. The van der Waals surface area contributed by atoms with E-state index in [2.05, 4.69) is 11.0 Å². The number of benzene rings is 1. The van der Waals surface area contributed by atoms with E-state index in [4.69, 9.17) is 11.6 Å². The van der Waals surface area contributed by atoms with E-state index in [0.717, 1.165) is 63.3 Å². The zero-order valence-corrected chi connectivity index (χ0v) is 16.6. The summed E-state index contributed by atoms with van der Waals surface area (Å²) in [4.78, 5) is 31.5. The molecule has 3 aliphatic rings. The van der Waals surface area contributed by atoms with Gasteiger partial charge >= 0.3 is 0 Å². The fraction of sp³-hybridized carbons (Fsp3) is 0.619. The standard InChI is InChI=1S/C21H28ClN3O2/c22-19-4-3-16-5-10-23(14-18(16)13-19)15-20(26)24-11-6-17(7-12-24)21(27)25-8-1-2-9-25/h3-4,13,17H,1-2,5-12,14-15H2. The van der Waals surface area contributed by atoms with Crippen molar-refractivity contribution in [3.63, 3.8) is 0 Å². The van der Waals surface area contributed by atoms with Crippen molar-refractivity contribution in [3.05, 3.63) is 34.3 Å². The number of rotatable bonds is 3. The molecule has 5 nitrogen and oxygen atoms in total. The molecule has 0 aliphatic carbocycles. The lowest BCUT2D eigenvalue weighted by molar-refractivity contribution is -0.140. The number of hydrogen-bond acceptors (Lipinski definition) is 3. The molecule has 0 radical (unpaired) electrons. The monoisotopic (exact) mass is 389 g/mol. The lowest BCUT2D eigenvalue weighted by Crippen LogP contribution is -2.47. The molecule has 0 N–H and O–H groups in total. The van der Waals surface area contributed by atoms with Crippen molar-refractivity contribution in [1.29, 1.82) is 0 Å². The summed E-state index contributed by atoms with van der Waals surface area (Å²) in [5.41, 5.74) is 2.57. The molecular weight excluding hydrogens is 362 g/mol. The third-order valence-corrected chi connectivity index (χ3v) is 6.47. The Kier molecular flexibility index (Phi) is 5.69. The van der Waals surface area contributed by atoms with Crippen LogP contribution in [0, 0.1) is 5.92 Å². The van der Waals surface area contributed by atoms with Gasteiger partial charge in [-0.1, -0.05) is 17.7 Å². The SMILES string of the molecule is O=C(CN1CCc2ccc(Cl)cc2C1)N1CCC(C(=O)N2CCCC2)CC1. The molecule has 3 aliphatic heterocycles. The number of carbonyl (C=O) groups excluding carboxylic acids is 2. The normalized spacial score (nSPS) is 21.4. The summed E-state index contributed by atoms with van der Waals surface area (Å²) in [7, 11) is 0. The van der Waals surface area contributed by atoms with Gasteiger partial charge in [-0.05, 0) is 55.4 Å². The molecule has 1 aromatic carbocycles. The van der Waals surface area contributed by atoms with Crippen molar-refractivity contribution in [1.82, 2.24) is 14.7 Å². The molecule has 4 rings (SSSR count). The van der Waals surface area contributed by atoms with Crippen molar-refractivity contribution in [2.75, 3.05) is 39.3 Å². The average molecular weight is 390 g/mol. The second-order valence-corrected chi connectivity index (χ2v) is 8.50. The predicted octanol–water partition coefficient (Wildman–Crippen LogP) is 2.56.